The Morgan fingerprint density at radius 3 is 1.37 bits per heavy atom. The van der Waals surface area contributed by atoms with E-state index in [1.165, 1.54) is 135 Å². The summed E-state index contributed by atoms with van der Waals surface area (Å²) in [6.07, 6.45) is 69.5. The molecule has 9 heteroatoms. The number of rotatable bonds is 50. The lowest BCUT2D eigenvalue weighted by Gasteiger charge is -2.29. The van der Waals surface area contributed by atoms with Crippen molar-refractivity contribution < 1.29 is 32.9 Å². The van der Waals surface area contributed by atoms with Crippen LogP contribution in [0, 0.1) is 0 Å². The van der Waals surface area contributed by atoms with Gasteiger partial charge in [-0.3, -0.25) is 9.36 Å². The predicted molar refractivity (Wildman–Crippen MR) is 293 cm³/mol. The van der Waals surface area contributed by atoms with Crippen molar-refractivity contribution >= 4 is 13.7 Å². The molecule has 0 aromatic heterocycles. The van der Waals surface area contributed by atoms with Crippen LogP contribution in [0.4, 0.5) is 0 Å². The monoisotopic (exact) mass is 971 g/mol. The summed E-state index contributed by atoms with van der Waals surface area (Å²) < 4.78 is 23.3. The minimum atomic E-state index is -4.62. The number of aliphatic hydroxyl groups is 1. The third-order valence-corrected chi connectivity index (χ3v) is 13.1. The lowest BCUT2D eigenvalue weighted by atomic mass is 10.0. The van der Waals surface area contributed by atoms with Crippen LogP contribution < -0.4 is 10.2 Å². The number of quaternary nitrogens is 1. The molecule has 3 unspecified atom stereocenters. The van der Waals surface area contributed by atoms with Crippen molar-refractivity contribution in [2.45, 2.75) is 244 Å². The van der Waals surface area contributed by atoms with Crippen LogP contribution in [-0.4, -0.2) is 68.5 Å². The Bertz CT molecular complexity index is 1380. The molecule has 0 saturated carbocycles. The van der Waals surface area contributed by atoms with E-state index in [1.807, 2.05) is 27.2 Å². The summed E-state index contributed by atoms with van der Waals surface area (Å²) in [6, 6.07) is -0.927. The highest BCUT2D eigenvalue weighted by molar-refractivity contribution is 7.45. The number of phosphoric ester groups is 1. The number of likely N-dealkylation sites (N-methyl/N-ethyl adjacent to an activating group) is 1. The number of hydrogen-bond donors (Lipinski definition) is 2. The summed E-state index contributed by atoms with van der Waals surface area (Å²) in [7, 11) is 1.21. The van der Waals surface area contributed by atoms with Crippen LogP contribution in [0.15, 0.2) is 85.1 Å². The highest BCUT2D eigenvalue weighted by Gasteiger charge is 2.23. The first-order valence-electron chi connectivity index (χ1n) is 27.9. The fourth-order valence-corrected chi connectivity index (χ4v) is 8.45. The van der Waals surface area contributed by atoms with Crippen LogP contribution in [0.25, 0.3) is 0 Å². The number of carbonyl (C=O) groups is 1. The number of allylic oxidation sites excluding steroid dienone is 13. The van der Waals surface area contributed by atoms with Crippen molar-refractivity contribution in [2.24, 2.45) is 0 Å². The van der Waals surface area contributed by atoms with Gasteiger partial charge in [0.25, 0.3) is 7.82 Å². The summed E-state index contributed by atoms with van der Waals surface area (Å²) in [4.78, 5) is 25.4. The number of nitrogens with zero attached hydrogens (tertiary/aromatic N) is 1. The molecule has 0 aliphatic rings. The van der Waals surface area contributed by atoms with Gasteiger partial charge in [0.1, 0.15) is 13.2 Å². The largest absolute Gasteiger partial charge is 0.756 e. The summed E-state index contributed by atoms with van der Waals surface area (Å²) in [5.41, 5.74) is 0. The van der Waals surface area contributed by atoms with Gasteiger partial charge in [0, 0.05) is 6.42 Å². The minimum Gasteiger partial charge on any atom is -0.756 e. The zero-order chi connectivity index (χ0) is 49.9. The normalized spacial score (nSPS) is 14.6. The van der Waals surface area contributed by atoms with Crippen molar-refractivity contribution in [3.05, 3.63) is 85.1 Å². The predicted octanol–water partition coefficient (Wildman–Crippen LogP) is 16.2. The smallest absolute Gasteiger partial charge is 0.268 e. The zero-order valence-electron chi connectivity index (χ0n) is 44.8. The van der Waals surface area contributed by atoms with Gasteiger partial charge in [0.15, 0.2) is 0 Å². The first-order chi connectivity index (χ1) is 33.0. The van der Waals surface area contributed by atoms with Gasteiger partial charge >= 0.3 is 0 Å². The number of phosphoric acid groups is 1. The second-order valence-corrected chi connectivity index (χ2v) is 21.3. The van der Waals surface area contributed by atoms with E-state index < -0.39 is 26.6 Å². The standard InChI is InChI=1S/C59H107N2O6P/c1-6-8-10-12-14-16-18-20-22-24-26-27-28-29-30-31-32-33-35-36-38-40-42-44-46-48-50-52-58(62)57(56-67-68(64,65)66-55-54-61(3,4)5)60-59(63)53-51-49-47-45-43-41-39-37-34-25-23-21-19-17-15-13-11-9-7-2/h9,11,15,17,21,23,34,37,41-44,50,52,57-58,62H,6-8,10,12-14,16,18-20,22,24-33,35-36,38-40,45-49,51,53-56H2,1-5H3,(H-,60,63,64,65)/b11-9-,17-15-,23-21-,37-34-,43-41-,44-42+,52-50+. The molecule has 0 radical (unpaired) electrons. The van der Waals surface area contributed by atoms with Gasteiger partial charge in [-0.1, -0.05) is 234 Å². The fourth-order valence-electron chi connectivity index (χ4n) is 7.73. The van der Waals surface area contributed by atoms with Gasteiger partial charge in [-0.2, -0.15) is 0 Å². The molecule has 8 nitrogen and oxygen atoms in total. The first kappa shape index (κ1) is 65.7. The Hall–Kier alpha value is -2.32. The van der Waals surface area contributed by atoms with Gasteiger partial charge in [-0.05, 0) is 77.0 Å². The Morgan fingerprint density at radius 2 is 0.912 bits per heavy atom. The van der Waals surface area contributed by atoms with E-state index in [2.05, 4.69) is 92.1 Å². The molecule has 0 fully saturated rings. The van der Waals surface area contributed by atoms with E-state index in [9.17, 15) is 19.4 Å². The van der Waals surface area contributed by atoms with Crippen LogP contribution in [0.5, 0.6) is 0 Å². The maximum atomic E-state index is 12.9. The second kappa shape index (κ2) is 49.7. The summed E-state index contributed by atoms with van der Waals surface area (Å²) in [5.74, 6) is -0.240. The quantitative estimate of drug-likeness (QED) is 0.0272. The maximum absolute atomic E-state index is 12.9. The lowest BCUT2D eigenvalue weighted by Crippen LogP contribution is -2.45. The van der Waals surface area contributed by atoms with E-state index in [4.69, 9.17) is 9.05 Å². The second-order valence-electron chi connectivity index (χ2n) is 19.9. The Labute approximate surface area is 420 Å². The Morgan fingerprint density at radius 1 is 0.529 bits per heavy atom. The Kier molecular flexibility index (Phi) is 48.0. The number of hydrogen-bond acceptors (Lipinski definition) is 6. The summed E-state index contributed by atoms with van der Waals surface area (Å²) in [6.45, 7) is 4.49. The van der Waals surface area contributed by atoms with Crippen molar-refractivity contribution in [1.29, 1.82) is 0 Å². The van der Waals surface area contributed by atoms with Crippen LogP contribution in [0.2, 0.25) is 0 Å². The van der Waals surface area contributed by atoms with Crippen LogP contribution >= 0.6 is 7.82 Å². The summed E-state index contributed by atoms with van der Waals surface area (Å²) in [5, 5.41) is 13.8. The molecule has 0 bridgehead atoms. The van der Waals surface area contributed by atoms with Crippen LogP contribution in [0.3, 0.4) is 0 Å². The van der Waals surface area contributed by atoms with Gasteiger partial charge in [0.2, 0.25) is 5.91 Å². The van der Waals surface area contributed by atoms with Crippen LogP contribution in [-0.2, 0) is 18.4 Å². The molecule has 68 heavy (non-hydrogen) atoms. The molecule has 1 amide bonds. The molecule has 394 valence electrons. The van der Waals surface area contributed by atoms with Crippen molar-refractivity contribution in [3.8, 4) is 0 Å². The fraction of sp³-hybridized carbons (Fsp3) is 0.746. The van der Waals surface area contributed by atoms with Crippen molar-refractivity contribution in [1.82, 2.24) is 5.32 Å². The number of aliphatic hydroxyl groups excluding tert-OH is 1. The first-order valence-corrected chi connectivity index (χ1v) is 29.4. The molecular formula is C59H107N2O6P. The topological polar surface area (TPSA) is 108 Å². The molecule has 0 heterocycles. The molecule has 0 aromatic carbocycles. The summed E-state index contributed by atoms with van der Waals surface area (Å²) >= 11 is 0. The minimum absolute atomic E-state index is 0.0174. The molecular weight excluding hydrogens is 864 g/mol. The molecule has 0 aliphatic carbocycles. The molecule has 0 rings (SSSR count). The van der Waals surface area contributed by atoms with Gasteiger partial charge in [-0.25, -0.2) is 0 Å². The van der Waals surface area contributed by atoms with Gasteiger partial charge in [0.05, 0.1) is 39.9 Å². The third kappa shape index (κ3) is 51.5. The lowest BCUT2D eigenvalue weighted by molar-refractivity contribution is -0.870. The van der Waals surface area contributed by atoms with E-state index >= 15 is 0 Å². The van der Waals surface area contributed by atoms with Crippen LogP contribution in [0.1, 0.15) is 232 Å². The van der Waals surface area contributed by atoms with E-state index in [-0.39, 0.29) is 18.9 Å². The molecule has 3 atom stereocenters. The van der Waals surface area contributed by atoms with E-state index in [0.29, 0.717) is 17.4 Å². The molecule has 2 N–H and O–H groups in total. The molecule has 0 saturated heterocycles. The zero-order valence-corrected chi connectivity index (χ0v) is 45.7. The average Bonchev–Trinajstić information content (AvgIpc) is 3.30. The maximum Gasteiger partial charge on any atom is 0.268 e. The van der Waals surface area contributed by atoms with Gasteiger partial charge < -0.3 is 28.8 Å². The van der Waals surface area contributed by atoms with E-state index in [0.717, 1.165) is 70.6 Å². The highest BCUT2D eigenvalue weighted by Crippen LogP contribution is 2.38. The molecule has 0 aliphatic heterocycles. The van der Waals surface area contributed by atoms with E-state index in [1.54, 1.807) is 6.08 Å². The number of nitrogens with one attached hydrogen (secondary N) is 1. The number of unbranched alkanes of at least 4 members (excludes halogenated alkanes) is 25. The third-order valence-electron chi connectivity index (χ3n) is 12.1. The average molecular weight is 971 g/mol. The Balaban J connectivity index is 4.32. The molecule has 0 aromatic rings. The molecule has 0 spiro atoms. The van der Waals surface area contributed by atoms with Crippen molar-refractivity contribution in [3.63, 3.8) is 0 Å². The van der Waals surface area contributed by atoms with Crippen molar-refractivity contribution in [2.75, 3.05) is 40.9 Å². The SMILES string of the molecule is CC/C=C\C/C=C\C/C=C\C/C=C\C/C=C\CCCCCC(=O)NC(COP(=O)([O-])OCC[N+](C)(C)C)C(O)/C=C/CC/C=C/CCCCCCCCCCCCCCCCCCCCCCC. The van der Waals surface area contributed by atoms with Gasteiger partial charge in [-0.15, -0.1) is 0 Å². The number of amides is 1. The highest BCUT2D eigenvalue weighted by atomic mass is 31.2. The number of carbonyl (C=O) groups excluding carboxylic acids is 1.